The highest BCUT2D eigenvalue weighted by Gasteiger charge is 2.30. The summed E-state index contributed by atoms with van der Waals surface area (Å²) < 4.78 is 28.0. The number of nitrogens with zero attached hydrogens (tertiary/aromatic N) is 2. The number of primary sulfonamides is 1. The first kappa shape index (κ1) is 19.0. The summed E-state index contributed by atoms with van der Waals surface area (Å²) in [5.41, 5.74) is 0.681. The molecule has 26 heavy (non-hydrogen) atoms. The second-order valence-corrected chi connectivity index (χ2v) is 8.26. The summed E-state index contributed by atoms with van der Waals surface area (Å²) in [6, 6.07) is 6.09. The summed E-state index contributed by atoms with van der Waals surface area (Å²) in [7, 11) is -3.71. The van der Waals surface area contributed by atoms with Crippen molar-refractivity contribution in [1.82, 2.24) is 9.80 Å². The van der Waals surface area contributed by atoms with Crippen LogP contribution >= 0.6 is 12.2 Å². The molecule has 2 aliphatic rings. The van der Waals surface area contributed by atoms with E-state index in [-0.39, 0.29) is 16.9 Å². The topological polar surface area (TPSA) is 105 Å². The molecule has 8 nitrogen and oxygen atoms in total. The van der Waals surface area contributed by atoms with Crippen LogP contribution in [0, 0.1) is 0 Å². The van der Waals surface area contributed by atoms with Crippen LogP contribution in [-0.2, 0) is 19.6 Å². The second-order valence-electron chi connectivity index (χ2n) is 6.31. The molecule has 2 fully saturated rings. The third kappa shape index (κ3) is 4.50. The van der Waals surface area contributed by atoms with E-state index in [0.717, 1.165) is 12.8 Å². The van der Waals surface area contributed by atoms with Crippen LogP contribution in [0.25, 0.3) is 0 Å². The summed E-state index contributed by atoms with van der Waals surface area (Å²) in [5.74, 6) is 0.0691. The minimum Gasteiger partial charge on any atom is -0.368 e. The van der Waals surface area contributed by atoms with Gasteiger partial charge in [0.2, 0.25) is 10.0 Å². The maximum absolute atomic E-state index is 12.4. The number of hydrogen-bond donors (Lipinski definition) is 2. The zero-order valence-corrected chi connectivity index (χ0v) is 15.9. The Bertz CT molecular complexity index is 768. The van der Waals surface area contributed by atoms with Crippen LogP contribution in [0.5, 0.6) is 0 Å². The molecule has 1 aromatic rings. The predicted octanol–water partition coefficient (Wildman–Crippen LogP) is 0.354. The van der Waals surface area contributed by atoms with Crippen LogP contribution in [-0.4, -0.2) is 68.1 Å². The molecule has 2 saturated heterocycles. The van der Waals surface area contributed by atoms with Gasteiger partial charge in [0, 0.05) is 38.5 Å². The van der Waals surface area contributed by atoms with Crippen molar-refractivity contribution in [1.29, 1.82) is 0 Å². The highest BCUT2D eigenvalue weighted by molar-refractivity contribution is 7.89. The first-order valence-electron chi connectivity index (χ1n) is 8.44. The molecule has 142 valence electrons. The van der Waals surface area contributed by atoms with Crippen LogP contribution in [0.15, 0.2) is 29.2 Å². The van der Waals surface area contributed by atoms with E-state index in [4.69, 9.17) is 22.1 Å². The maximum atomic E-state index is 12.4. The Labute approximate surface area is 158 Å². The first-order chi connectivity index (χ1) is 12.3. The van der Waals surface area contributed by atoms with Gasteiger partial charge < -0.3 is 19.9 Å². The summed E-state index contributed by atoms with van der Waals surface area (Å²) in [4.78, 5) is 16.2. The van der Waals surface area contributed by atoms with Crippen molar-refractivity contribution in [3.63, 3.8) is 0 Å². The van der Waals surface area contributed by atoms with E-state index < -0.39 is 10.0 Å². The minimum absolute atomic E-state index is 0.0511. The molecule has 0 aromatic heterocycles. The Morgan fingerprint density at radius 3 is 2.31 bits per heavy atom. The van der Waals surface area contributed by atoms with Gasteiger partial charge in [-0.25, -0.2) is 13.6 Å². The number of rotatable bonds is 3. The molecule has 2 aliphatic heterocycles. The summed E-state index contributed by atoms with van der Waals surface area (Å²) in [5, 5.41) is 8.71. The lowest BCUT2D eigenvalue weighted by Crippen LogP contribution is -2.53. The molecule has 1 atom stereocenters. The van der Waals surface area contributed by atoms with E-state index in [1.54, 1.807) is 12.1 Å². The number of carbonyl (C=O) groups excluding carboxylic acids is 1. The number of ether oxygens (including phenoxy) is 1. The Morgan fingerprint density at radius 2 is 1.77 bits per heavy atom. The van der Waals surface area contributed by atoms with Gasteiger partial charge in [-0.15, -0.1) is 0 Å². The number of hydrogen-bond acceptors (Lipinski definition) is 5. The fraction of sp³-hybridized carbons (Fsp3) is 0.500. The Balaban J connectivity index is 1.51. The average Bonchev–Trinajstić information content (AvgIpc) is 3.15. The molecule has 10 heteroatoms. The lowest BCUT2D eigenvalue weighted by atomic mass is 10.2. The van der Waals surface area contributed by atoms with E-state index in [1.165, 1.54) is 12.1 Å². The van der Waals surface area contributed by atoms with Gasteiger partial charge in [-0.2, -0.15) is 0 Å². The predicted molar refractivity (Wildman–Crippen MR) is 101 cm³/mol. The molecule has 0 spiro atoms. The van der Waals surface area contributed by atoms with E-state index in [9.17, 15) is 13.2 Å². The van der Waals surface area contributed by atoms with Crippen molar-refractivity contribution in [2.45, 2.75) is 23.8 Å². The normalized spacial score (nSPS) is 20.9. The van der Waals surface area contributed by atoms with Gasteiger partial charge in [0.15, 0.2) is 5.11 Å². The molecule has 0 bridgehead atoms. The smallest absolute Gasteiger partial charge is 0.251 e. The minimum atomic E-state index is -3.71. The second kappa shape index (κ2) is 7.87. The highest BCUT2D eigenvalue weighted by Crippen LogP contribution is 2.17. The fourth-order valence-corrected chi connectivity index (χ4v) is 3.85. The Kier molecular flexibility index (Phi) is 5.76. The van der Waals surface area contributed by atoms with Crippen LogP contribution in [0.2, 0.25) is 0 Å². The van der Waals surface area contributed by atoms with Crippen molar-refractivity contribution in [3.05, 3.63) is 24.3 Å². The number of carbonyl (C=O) groups is 1. The van der Waals surface area contributed by atoms with E-state index >= 15 is 0 Å². The van der Waals surface area contributed by atoms with Gasteiger partial charge >= 0.3 is 0 Å². The number of nitrogens with two attached hydrogens (primary N) is 1. The Morgan fingerprint density at radius 1 is 1.15 bits per heavy atom. The van der Waals surface area contributed by atoms with Crippen molar-refractivity contribution < 1.29 is 17.9 Å². The molecule has 3 N–H and O–H groups in total. The van der Waals surface area contributed by atoms with Crippen LogP contribution in [0.1, 0.15) is 12.8 Å². The number of sulfonamides is 1. The van der Waals surface area contributed by atoms with Crippen LogP contribution in [0.4, 0.5) is 5.69 Å². The van der Waals surface area contributed by atoms with E-state index in [0.29, 0.717) is 43.6 Å². The highest BCUT2D eigenvalue weighted by atomic mass is 32.2. The molecule has 0 saturated carbocycles. The standard InChI is InChI=1S/C16H22N4O4S2/c17-26(22,23)13-5-3-12(4-6-13)18-16(25)20-9-7-19(8-10-20)15(21)14-2-1-11-24-14/h3-6,14H,1-2,7-11H2,(H,18,25)(H2,17,22,23)/t14-/m0/s1. The number of benzene rings is 1. The first-order valence-corrected chi connectivity index (χ1v) is 10.4. The summed E-state index contributed by atoms with van der Waals surface area (Å²) in [6.07, 6.45) is 1.45. The molecular formula is C16H22N4O4S2. The number of anilines is 1. The van der Waals surface area contributed by atoms with Crippen LogP contribution in [0.3, 0.4) is 0 Å². The number of nitrogens with one attached hydrogen (secondary N) is 1. The number of amides is 1. The monoisotopic (exact) mass is 398 g/mol. The molecule has 0 radical (unpaired) electrons. The Hall–Kier alpha value is -1.75. The molecule has 1 aromatic carbocycles. The lowest BCUT2D eigenvalue weighted by Gasteiger charge is -2.37. The van der Waals surface area contributed by atoms with Gasteiger partial charge in [0.1, 0.15) is 6.10 Å². The average molecular weight is 399 g/mol. The van der Waals surface area contributed by atoms with Gasteiger partial charge in [0.25, 0.3) is 5.91 Å². The quantitative estimate of drug-likeness (QED) is 0.708. The third-order valence-electron chi connectivity index (χ3n) is 4.52. The van der Waals surface area contributed by atoms with Crippen molar-refractivity contribution in [2.24, 2.45) is 5.14 Å². The SMILES string of the molecule is NS(=O)(=O)c1ccc(NC(=S)N2CCN(C(=O)[C@@H]3CCCO3)CC2)cc1. The molecule has 3 rings (SSSR count). The van der Waals surface area contributed by atoms with Gasteiger partial charge in [0.05, 0.1) is 4.90 Å². The fourth-order valence-electron chi connectivity index (χ4n) is 3.04. The zero-order chi connectivity index (χ0) is 18.7. The van der Waals surface area contributed by atoms with E-state index in [2.05, 4.69) is 5.32 Å². The van der Waals surface area contributed by atoms with Crippen molar-refractivity contribution >= 4 is 38.9 Å². The molecule has 2 heterocycles. The molecule has 1 amide bonds. The number of piperazine rings is 1. The lowest BCUT2D eigenvalue weighted by molar-refractivity contribution is -0.142. The third-order valence-corrected chi connectivity index (χ3v) is 5.81. The van der Waals surface area contributed by atoms with E-state index in [1.807, 2.05) is 9.80 Å². The van der Waals surface area contributed by atoms with Gasteiger partial charge in [-0.1, -0.05) is 0 Å². The summed E-state index contributed by atoms with van der Waals surface area (Å²) in [6.45, 7) is 3.14. The zero-order valence-electron chi connectivity index (χ0n) is 14.3. The van der Waals surface area contributed by atoms with Gasteiger partial charge in [-0.3, -0.25) is 4.79 Å². The molecule has 0 aliphatic carbocycles. The number of thiocarbonyl (C=S) groups is 1. The van der Waals surface area contributed by atoms with Crippen molar-refractivity contribution in [3.8, 4) is 0 Å². The molecule has 0 unspecified atom stereocenters. The van der Waals surface area contributed by atoms with Crippen LogP contribution < -0.4 is 10.5 Å². The van der Waals surface area contributed by atoms with Gasteiger partial charge in [-0.05, 0) is 49.3 Å². The maximum Gasteiger partial charge on any atom is 0.251 e. The van der Waals surface area contributed by atoms with Crippen molar-refractivity contribution in [2.75, 3.05) is 38.1 Å². The largest absolute Gasteiger partial charge is 0.368 e. The summed E-state index contributed by atoms with van der Waals surface area (Å²) >= 11 is 5.42. The molecular weight excluding hydrogens is 376 g/mol.